The van der Waals surface area contributed by atoms with Crippen molar-refractivity contribution in [3.05, 3.63) is 40.4 Å². The second-order valence-electron chi connectivity index (χ2n) is 4.27. The molecule has 1 aromatic carbocycles. The normalized spacial score (nSPS) is 11.9. The lowest BCUT2D eigenvalue weighted by Gasteiger charge is -2.13. The van der Waals surface area contributed by atoms with E-state index in [4.69, 9.17) is 0 Å². The zero-order chi connectivity index (χ0) is 13.8. The Kier molecular flexibility index (Phi) is 4.11. The van der Waals surface area contributed by atoms with Crippen LogP contribution in [0.2, 0.25) is 0 Å². The number of benzene rings is 1. The average molecular weight is 276 g/mol. The lowest BCUT2D eigenvalue weighted by Crippen LogP contribution is -2.26. The standard InChI is InChI=1S/C13H16N4OS/c1-8-4-6-10(7-5-8)9(2)15-11(18)12-16-17-13(14-3)19-12/h4-7,9H,1-3H3,(H,14,17)(H,15,18). The highest BCUT2D eigenvalue weighted by molar-refractivity contribution is 7.17. The number of carbonyl (C=O) groups is 1. The Hall–Kier alpha value is -1.95. The summed E-state index contributed by atoms with van der Waals surface area (Å²) in [5.74, 6) is -0.202. The van der Waals surface area contributed by atoms with Crippen molar-refractivity contribution in [2.45, 2.75) is 19.9 Å². The lowest BCUT2D eigenvalue weighted by atomic mass is 10.1. The Balaban J connectivity index is 2.04. The fraction of sp³-hybridized carbons (Fsp3) is 0.308. The molecule has 1 amide bonds. The summed E-state index contributed by atoms with van der Waals surface area (Å²) < 4.78 is 0. The highest BCUT2D eigenvalue weighted by Crippen LogP contribution is 2.17. The smallest absolute Gasteiger partial charge is 0.282 e. The van der Waals surface area contributed by atoms with Gasteiger partial charge in [0.2, 0.25) is 10.1 Å². The number of hydrogen-bond acceptors (Lipinski definition) is 5. The quantitative estimate of drug-likeness (QED) is 0.899. The number of aryl methyl sites for hydroxylation is 1. The largest absolute Gasteiger partial charge is 0.363 e. The van der Waals surface area contributed by atoms with Crippen molar-refractivity contribution in [2.24, 2.45) is 0 Å². The van der Waals surface area contributed by atoms with Gasteiger partial charge in [-0.25, -0.2) is 0 Å². The molecule has 1 aromatic heterocycles. The molecular weight excluding hydrogens is 260 g/mol. The summed E-state index contributed by atoms with van der Waals surface area (Å²) in [5.41, 5.74) is 2.27. The number of nitrogens with one attached hydrogen (secondary N) is 2. The molecule has 1 heterocycles. The molecule has 2 rings (SSSR count). The van der Waals surface area contributed by atoms with E-state index in [1.54, 1.807) is 7.05 Å². The van der Waals surface area contributed by atoms with Crippen LogP contribution in [0.15, 0.2) is 24.3 Å². The lowest BCUT2D eigenvalue weighted by molar-refractivity contribution is 0.0939. The molecule has 5 nitrogen and oxygen atoms in total. The minimum absolute atomic E-state index is 0.0602. The molecule has 1 atom stereocenters. The molecule has 0 saturated heterocycles. The SMILES string of the molecule is CNc1nnc(C(=O)NC(C)c2ccc(C)cc2)s1. The molecule has 6 heteroatoms. The number of carbonyl (C=O) groups excluding carboxylic acids is 1. The molecule has 0 aliphatic rings. The van der Waals surface area contributed by atoms with Crippen LogP contribution in [0.4, 0.5) is 5.13 Å². The van der Waals surface area contributed by atoms with E-state index in [1.165, 1.54) is 16.9 Å². The molecule has 19 heavy (non-hydrogen) atoms. The topological polar surface area (TPSA) is 66.9 Å². The van der Waals surface area contributed by atoms with Gasteiger partial charge in [-0.2, -0.15) is 0 Å². The van der Waals surface area contributed by atoms with Crippen LogP contribution < -0.4 is 10.6 Å². The van der Waals surface area contributed by atoms with Crippen molar-refractivity contribution in [2.75, 3.05) is 12.4 Å². The number of nitrogens with zero attached hydrogens (tertiary/aromatic N) is 2. The van der Waals surface area contributed by atoms with Gasteiger partial charge in [0.05, 0.1) is 6.04 Å². The van der Waals surface area contributed by atoms with Gasteiger partial charge in [0.15, 0.2) is 0 Å². The molecule has 2 N–H and O–H groups in total. The van der Waals surface area contributed by atoms with Crippen LogP contribution in [0.25, 0.3) is 0 Å². The maximum Gasteiger partial charge on any atom is 0.282 e. The van der Waals surface area contributed by atoms with Gasteiger partial charge < -0.3 is 10.6 Å². The molecule has 0 radical (unpaired) electrons. The average Bonchev–Trinajstić information content (AvgIpc) is 2.88. The van der Waals surface area contributed by atoms with Crippen molar-refractivity contribution in [3.63, 3.8) is 0 Å². The molecule has 0 saturated carbocycles. The van der Waals surface area contributed by atoms with Gasteiger partial charge in [0.1, 0.15) is 0 Å². The maximum atomic E-state index is 12.0. The van der Waals surface area contributed by atoms with E-state index in [1.807, 2.05) is 38.1 Å². The van der Waals surface area contributed by atoms with E-state index < -0.39 is 0 Å². The number of anilines is 1. The van der Waals surface area contributed by atoms with Gasteiger partial charge in [-0.05, 0) is 19.4 Å². The summed E-state index contributed by atoms with van der Waals surface area (Å²) in [6, 6.07) is 8.03. The van der Waals surface area contributed by atoms with E-state index in [9.17, 15) is 4.79 Å². The van der Waals surface area contributed by atoms with E-state index in [0.29, 0.717) is 10.1 Å². The van der Waals surface area contributed by atoms with Crippen LogP contribution in [0.3, 0.4) is 0 Å². The van der Waals surface area contributed by atoms with Gasteiger partial charge >= 0.3 is 0 Å². The number of amides is 1. The first-order chi connectivity index (χ1) is 9.10. The summed E-state index contributed by atoms with van der Waals surface area (Å²) in [6.07, 6.45) is 0. The molecule has 0 aliphatic heterocycles. The highest BCUT2D eigenvalue weighted by Gasteiger charge is 2.15. The van der Waals surface area contributed by atoms with Gasteiger partial charge in [-0.3, -0.25) is 4.79 Å². The van der Waals surface area contributed by atoms with E-state index in [0.717, 1.165) is 5.56 Å². The molecule has 0 bridgehead atoms. The molecule has 100 valence electrons. The Bertz CT molecular complexity index is 564. The van der Waals surface area contributed by atoms with E-state index >= 15 is 0 Å². The predicted molar refractivity (Wildman–Crippen MR) is 76.5 cm³/mol. The Morgan fingerprint density at radius 3 is 2.53 bits per heavy atom. The van der Waals surface area contributed by atoms with Gasteiger partial charge in [-0.15, -0.1) is 10.2 Å². The third kappa shape index (κ3) is 3.29. The second-order valence-corrected chi connectivity index (χ2v) is 5.25. The van der Waals surface area contributed by atoms with Crippen molar-refractivity contribution >= 4 is 22.4 Å². The van der Waals surface area contributed by atoms with Crippen molar-refractivity contribution < 1.29 is 4.79 Å². The Labute approximate surface area is 116 Å². The van der Waals surface area contributed by atoms with Crippen LogP contribution in [-0.4, -0.2) is 23.2 Å². The molecule has 0 fully saturated rings. The summed E-state index contributed by atoms with van der Waals surface area (Å²) in [6.45, 7) is 3.98. The predicted octanol–water partition coefficient (Wildman–Crippen LogP) is 2.38. The van der Waals surface area contributed by atoms with Crippen LogP contribution in [0, 0.1) is 6.92 Å². The summed E-state index contributed by atoms with van der Waals surface area (Å²) >= 11 is 1.24. The fourth-order valence-electron chi connectivity index (χ4n) is 1.61. The monoisotopic (exact) mass is 276 g/mol. The van der Waals surface area contributed by atoms with Crippen LogP contribution >= 0.6 is 11.3 Å². The fourth-order valence-corrected chi connectivity index (χ4v) is 2.21. The first-order valence-corrected chi connectivity index (χ1v) is 6.80. The summed E-state index contributed by atoms with van der Waals surface area (Å²) in [4.78, 5) is 12.0. The first-order valence-electron chi connectivity index (χ1n) is 5.99. The van der Waals surface area contributed by atoms with Gasteiger partial charge in [0.25, 0.3) is 5.91 Å². The number of hydrogen-bond donors (Lipinski definition) is 2. The molecular formula is C13H16N4OS. The number of rotatable bonds is 4. The maximum absolute atomic E-state index is 12.0. The Morgan fingerprint density at radius 2 is 1.95 bits per heavy atom. The second kappa shape index (κ2) is 5.79. The summed E-state index contributed by atoms with van der Waals surface area (Å²) in [7, 11) is 1.75. The van der Waals surface area contributed by atoms with Crippen molar-refractivity contribution in [1.82, 2.24) is 15.5 Å². The molecule has 2 aromatic rings. The molecule has 1 unspecified atom stereocenters. The minimum atomic E-state index is -0.202. The minimum Gasteiger partial charge on any atom is -0.363 e. The zero-order valence-corrected chi connectivity index (χ0v) is 11.9. The van der Waals surface area contributed by atoms with Crippen LogP contribution in [0.5, 0.6) is 0 Å². The van der Waals surface area contributed by atoms with Crippen molar-refractivity contribution in [1.29, 1.82) is 0 Å². The summed E-state index contributed by atoms with van der Waals surface area (Å²) in [5, 5.41) is 14.5. The van der Waals surface area contributed by atoms with Crippen LogP contribution in [0.1, 0.15) is 33.9 Å². The van der Waals surface area contributed by atoms with E-state index in [-0.39, 0.29) is 11.9 Å². The number of aromatic nitrogens is 2. The van der Waals surface area contributed by atoms with Crippen molar-refractivity contribution in [3.8, 4) is 0 Å². The zero-order valence-electron chi connectivity index (χ0n) is 11.1. The Morgan fingerprint density at radius 1 is 1.26 bits per heavy atom. The highest BCUT2D eigenvalue weighted by atomic mass is 32.1. The third-order valence-corrected chi connectivity index (χ3v) is 3.70. The molecule has 0 aliphatic carbocycles. The van der Waals surface area contributed by atoms with Gasteiger partial charge in [-0.1, -0.05) is 41.2 Å². The molecule has 0 spiro atoms. The first kappa shape index (κ1) is 13.5. The van der Waals surface area contributed by atoms with Crippen LogP contribution in [-0.2, 0) is 0 Å². The van der Waals surface area contributed by atoms with Gasteiger partial charge in [0, 0.05) is 7.05 Å². The third-order valence-electron chi connectivity index (χ3n) is 2.76. The van der Waals surface area contributed by atoms with E-state index in [2.05, 4.69) is 20.8 Å².